The molecule has 2 N–H and O–H groups in total. The van der Waals surface area contributed by atoms with Crippen LogP contribution in [0.4, 0.5) is 6.01 Å². The number of hydrogen-bond donors (Lipinski definition) is 2. The van der Waals surface area contributed by atoms with E-state index in [1.165, 1.54) is 0 Å². The van der Waals surface area contributed by atoms with Crippen molar-refractivity contribution in [3.05, 3.63) is 29.0 Å². The van der Waals surface area contributed by atoms with Crippen LogP contribution in [0.5, 0.6) is 0 Å². The second-order valence-corrected chi connectivity index (χ2v) is 6.76. The van der Waals surface area contributed by atoms with E-state index in [9.17, 15) is 5.21 Å². The van der Waals surface area contributed by atoms with Crippen molar-refractivity contribution in [2.75, 3.05) is 25.0 Å². The number of oxazole rings is 1. The topological polar surface area (TPSA) is 87.2 Å². The van der Waals surface area contributed by atoms with E-state index in [0.717, 1.165) is 29.5 Å². The number of ether oxygens (including phenoxy) is 1. The Morgan fingerprint density at radius 2 is 2.33 bits per heavy atom. The lowest BCUT2D eigenvalue weighted by atomic mass is 9.80. The molecule has 2 aliphatic heterocycles. The Morgan fingerprint density at radius 1 is 1.46 bits per heavy atom. The molecule has 2 aromatic rings. The van der Waals surface area contributed by atoms with E-state index in [-0.39, 0.29) is 5.06 Å². The third-order valence-electron chi connectivity index (χ3n) is 5.05. The van der Waals surface area contributed by atoms with Crippen LogP contribution in [0.3, 0.4) is 0 Å². The molecular weight excluding hydrogens is 308 g/mol. The molecule has 1 aromatic heterocycles. The number of rotatable bonds is 2. The van der Waals surface area contributed by atoms with Gasteiger partial charge in [0.1, 0.15) is 12.1 Å². The van der Waals surface area contributed by atoms with Gasteiger partial charge in [0.25, 0.3) is 6.02 Å². The van der Waals surface area contributed by atoms with E-state index in [0.29, 0.717) is 37.6 Å². The van der Waals surface area contributed by atoms with Crippen molar-refractivity contribution in [3.8, 4) is 0 Å². The molecule has 4 rings (SSSR count). The molecule has 7 nitrogen and oxygen atoms in total. The molecule has 1 spiro atoms. The first-order valence-electron chi connectivity index (χ1n) is 8.47. The zero-order chi connectivity index (χ0) is 16.7. The lowest BCUT2D eigenvalue weighted by molar-refractivity contribution is -0.863. The third-order valence-corrected chi connectivity index (χ3v) is 5.05. The van der Waals surface area contributed by atoms with Crippen LogP contribution in [0.15, 0.2) is 27.6 Å². The summed E-state index contributed by atoms with van der Waals surface area (Å²) in [6.45, 7) is 5.75. The number of aromatic nitrogens is 1. The lowest BCUT2D eigenvalue weighted by Crippen LogP contribution is -3.11. The van der Waals surface area contributed by atoms with Gasteiger partial charge in [-0.05, 0) is 31.0 Å². The summed E-state index contributed by atoms with van der Waals surface area (Å²) in [5, 5.41) is 15.2. The Labute approximate surface area is 140 Å². The molecule has 0 amide bonds. The van der Waals surface area contributed by atoms with Gasteiger partial charge in [-0.3, -0.25) is 5.32 Å². The Bertz CT molecular complexity index is 787. The smallest absolute Gasteiger partial charge is 0.303 e. The van der Waals surface area contributed by atoms with E-state index in [1.807, 2.05) is 25.1 Å². The van der Waals surface area contributed by atoms with Gasteiger partial charge in [-0.1, -0.05) is 13.0 Å². The third kappa shape index (κ3) is 2.63. The molecular formula is C17H22N4O3. The summed E-state index contributed by atoms with van der Waals surface area (Å²) in [5.41, 5.74) is 2.14. The van der Waals surface area contributed by atoms with Crippen LogP contribution in [0.1, 0.15) is 25.3 Å². The van der Waals surface area contributed by atoms with Gasteiger partial charge in [0, 0.05) is 12.3 Å². The van der Waals surface area contributed by atoms with Gasteiger partial charge in [-0.25, -0.2) is 4.99 Å². The van der Waals surface area contributed by atoms with Crippen molar-refractivity contribution < 1.29 is 14.2 Å². The molecule has 128 valence electrons. The van der Waals surface area contributed by atoms with E-state index < -0.39 is 5.60 Å². The molecule has 3 atom stereocenters. The SMILES string of the molecule is CCC1CC[NH+]([O-])C[C@@]12CN=C(Nc1nc3ccc(C)cc3o1)O2. The van der Waals surface area contributed by atoms with Crippen LogP contribution in [0.25, 0.3) is 11.1 Å². The fraction of sp³-hybridized carbons (Fsp3) is 0.529. The van der Waals surface area contributed by atoms with E-state index in [4.69, 9.17) is 9.15 Å². The number of benzene rings is 1. The maximum Gasteiger partial charge on any atom is 0.303 e. The van der Waals surface area contributed by atoms with E-state index in [1.54, 1.807) is 0 Å². The van der Waals surface area contributed by atoms with Gasteiger partial charge in [0.05, 0.1) is 13.1 Å². The Balaban J connectivity index is 1.51. The van der Waals surface area contributed by atoms with Gasteiger partial charge in [0.2, 0.25) is 0 Å². The quantitative estimate of drug-likeness (QED) is 0.815. The highest BCUT2D eigenvalue weighted by Crippen LogP contribution is 2.33. The molecule has 1 saturated heterocycles. The summed E-state index contributed by atoms with van der Waals surface area (Å²) in [7, 11) is 0. The van der Waals surface area contributed by atoms with Gasteiger partial charge in [0.15, 0.2) is 11.2 Å². The van der Waals surface area contributed by atoms with Gasteiger partial charge < -0.3 is 19.4 Å². The summed E-state index contributed by atoms with van der Waals surface area (Å²) in [5.74, 6) is 0.351. The summed E-state index contributed by atoms with van der Waals surface area (Å²) in [4.78, 5) is 8.86. The molecule has 2 unspecified atom stereocenters. The van der Waals surface area contributed by atoms with Crippen molar-refractivity contribution in [1.82, 2.24) is 4.98 Å². The van der Waals surface area contributed by atoms with E-state index >= 15 is 0 Å². The Kier molecular flexibility index (Phi) is 3.69. The largest absolute Gasteiger partial charge is 0.634 e. The number of aryl methyl sites for hydroxylation is 1. The normalized spacial score (nSPS) is 29.7. The highest BCUT2D eigenvalue weighted by molar-refractivity contribution is 5.89. The first-order chi connectivity index (χ1) is 11.6. The van der Waals surface area contributed by atoms with Crippen molar-refractivity contribution in [1.29, 1.82) is 0 Å². The fourth-order valence-corrected chi connectivity index (χ4v) is 3.75. The number of nitrogens with zero attached hydrogens (tertiary/aromatic N) is 2. The number of hydroxylamine groups is 2. The molecule has 0 bridgehead atoms. The molecule has 3 heterocycles. The first-order valence-corrected chi connectivity index (χ1v) is 8.47. The van der Waals surface area contributed by atoms with Crippen LogP contribution in [-0.4, -0.2) is 36.2 Å². The van der Waals surface area contributed by atoms with Crippen LogP contribution >= 0.6 is 0 Å². The highest BCUT2D eigenvalue weighted by Gasteiger charge is 2.49. The summed E-state index contributed by atoms with van der Waals surface area (Å²) in [6, 6.07) is 6.62. The van der Waals surface area contributed by atoms with Gasteiger partial charge in [-0.2, -0.15) is 4.98 Å². The average molecular weight is 330 g/mol. The Morgan fingerprint density at radius 3 is 3.17 bits per heavy atom. The molecule has 0 radical (unpaired) electrons. The number of nitrogens with one attached hydrogen (secondary N) is 2. The predicted octanol–water partition coefficient (Wildman–Crippen LogP) is 1.49. The number of quaternary nitrogens is 1. The highest BCUT2D eigenvalue weighted by atomic mass is 16.5. The summed E-state index contributed by atoms with van der Waals surface area (Å²) >= 11 is 0. The fourth-order valence-electron chi connectivity index (χ4n) is 3.75. The maximum absolute atomic E-state index is 11.9. The van der Waals surface area contributed by atoms with Gasteiger partial charge in [-0.15, -0.1) is 0 Å². The van der Waals surface area contributed by atoms with Crippen LogP contribution in [0, 0.1) is 18.0 Å². The minimum Gasteiger partial charge on any atom is -0.634 e. The zero-order valence-corrected chi connectivity index (χ0v) is 14.0. The summed E-state index contributed by atoms with van der Waals surface area (Å²) < 4.78 is 11.8. The van der Waals surface area contributed by atoms with Crippen molar-refractivity contribution >= 4 is 23.1 Å². The number of fused-ring (bicyclic) bond motifs is 1. The van der Waals surface area contributed by atoms with Crippen molar-refractivity contribution in [2.24, 2.45) is 10.9 Å². The lowest BCUT2D eigenvalue weighted by Gasteiger charge is -2.43. The number of piperidine rings is 1. The van der Waals surface area contributed by atoms with Gasteiger partial charge >= 0.3 is 6.01 Å². The number of amidine groups is 1. The van der Waals surface area contributed by atoms with Crippen LogP contribution in [0.2, 0.25) is 0 Å². The number of aliphatic imine (C=N–C) groups is 1. The Hall–Kier alpha value is -2.12. The number of hydrogen-bond acceptors (Lipinski definition) is 6. The van der Waals surface area contributed by atoms with Crippen LogP contribution in [-0.2, 0) is 4.74 Å². The molecule has 1 fully saturated rings. The molecule has 1 aromatic carbocycles. The second-order valence-electron chi connectivity index (χ2n) is 6.76. The number of anilines is 1. The predicted molar refractivity (Wildman–Crippen MR) is 90.9 cm³/mol. The first kappa shape index (κ1) is 15.4. The zero-order valence-electron chi connectivity index (χ0n) is 14.0. The average Bonchev–Trinajstić information content (AvgIpc) is 3.11. The second kappa shape index (κ2) is 5.75. The minimum absolute atomic E-state index is 0.258. The standard InChI is InChI=1S/C17H22N4O3/c1-3-12-6-7-21(22)10-17(12)9-18-15(24-17)20-16-19-13-5-4-11(2)8-14(13)23-16/h4-5,8,12,21H,3,6-7,9-10H2,1-2H3,(H,18,19,20)/t12?,17-/m0/s1. The minimum atomic E-state index is -0.491. The van der Waals surface area contributed by atoms with Crippen molar-refractivity contribution in [3.63, 3.8) is 0 Å². The van der Waals surface area contributed by atoms with Crippen LogP contribution < -0.4 is 10.4 Å². The molecule has 7 heteroatoms. The maximum atomic E-state index is 11.9. The summed E-state index contributed by atoms with van der Waals surface area (Å²) in [6.07, 6.45) is 1.86. The molecule has 24 heavy (non-hydrogen) atoms. The van der Waals surface area contributed by atoms with E-state index in [2.05, 4.69) is 22.2 Å². The molecule has 2 aliphatic rings. The monoisotopic (exact) mass is 330 g/mol. The molecule has 0 saturated carbocycles. The molecule has 0 aliphatic carbocycles. The van der Waals surface area contributed by atoms with Crippen molar-refractivity contribution in [2.45, 2.75) is 32.3 Å².